The molecule has 33 heavy (non-hydrogen) atoms. The Morgan fingerprint density at radius 2 is 1.70 bits per heavy atom. The fourth-order valence-corrected chi connectivity index (χ4v) is 4.62. The molecule has 0 spiro atoms. The first-order chi connectivity index (χ1) is 16.1. The molecule has 3 nitrogen and oxygen atoms in total. The van der Waals surface area contributed by atoms with Crippen molar-refractivity contribution >= 4 is 0 Å². The summed E-state index contributed by atoms with van der Waals surface area (Å²) in [6.45, 7) is 0.177. The van der Waals surface area contributed by atoms with Crippen molar-refractivity contribution in [2.24, 2.45) is 0 Å². The lowest BCUT2D eigenvalue weighted by Crippen LogP contribution is -2.33. The van der Waals surface area contributed by atoms with E-state index >= 15 is 0 Å². The molecule has 1 aliphatic heterocycles. The van der Waals surface area contributed by atoms with Crippen molar-refractivity contribution in [2.75, 3.05) is 7.11 Å². The van der Waals surface area contributed by atoms with Crippen LogP contribution in [0.1, 0.15) is 85.7 Å². The molecule has 0 saturated carbocycles. The van der Waals surface area contributed by atoms with E-state index in [9.17, 15) is 13.2 Å². The number of rotatable bonds is 13. The maximum Gasteiger partial charge on any atom is 0.128 e. The molecule has 0 radical (unpaired) electrons. The summed E-state index contributed by atoms with van der Waals surface area (Å²) in [6, 6.07) is 9.17. The summed E-state index contributed by atoms with van der Waals surface area (Å²) in [7, 11) is 1.64. The Morgan fingerprint density at radius 1 is 0.970 bits per heavy atom. The van der Waals surface area contributed by atoms with Crippen molar-refractivity contribution in [3.05, 3.63) is 58.1 Å². The van der Waals surface area contributed by atoms with Crippen molar-refractivity contribution in [1.29, 1.82) is 0 Å². The molecule has 182 valence electrons. The molecule has 2 aromatic carbocycles. The van der Waals surface area contributed by atoms with Crippen LogP contribution in [0, 0.1) is 0 Å². The summed E-state index contributed by atoms with van der Waals surface area (Å²) in [6.07, 6.45) is 7.97. The summed E-state index contributed by atoms with van der Waals surface area (Å²) < 4.78 is 51.9. The van der Waals surface area contributed by atoms with Gasteiger partial charge in [0.2, 0.25) is 0 Å². The highest BCUT2D eigenvalue weighted by atomic mass is 19.1. The van der Waals surface area contributed by atoms with E-state index in [0.717, 1.165) is 41.9 Å². The normalized spacial score (nSPS) is 17.5. The Bertz CT molecular complexity index is 865. The first-order valence-electron chi connectivity index (χ1n) is 12.0. The molecule has 0 aliphatic carbocycles. The van der Waals surface area contributed by atoms with Crippen molar-refractivity contribution < 1.29 is 22.6 Å². The summed E-state index contributed by atoms with van der Waals surface area (Å²) in [4.78, 5) is 0. The molecule has 0 amide bonds. The average Bonchev–Trinajstić information content (AvgIpc) is 2.85. The Morgan fingerprint density at radius 3 is 2.33 bits per heavy atom. The minimum Gasteiger partial charge on any atom is -0.497 e. The molecule has 0 aromatic heterocycles. The van der Waals surface area contributed by atoms with Gasteiger partial charge in [0, 0.05) is 30.6 Å². The zero-order valence-electron chi connectivity index (χ0n) is 19.8. The van der Waals surface area contributed by atoms with Crippen LogP contribution in [0.25, 0.3) is 0 Å². The molecule has 0 saturated heterocycles. The lowest BCUT2D eigenvalue weighted by Gasteiger charge is -2.33. The zero-order chi connectivity index (χ0) is 23.6. The molecule has 1 aliphatic rings. The largest absolute Gasteiger partial charge is 0.497 e. The molecule has 1 heterocycles. The van der Waals surface area contributed by atoms with Crippen molar-refractivity contribution in [2.45, 2.75) is 90.6 Å². The van der Waals surface area contributed by atoms with E-state index in [4.69, 9.17) is 9.47 Å². The monoisotopic (exact) mass is 463 g/mol. The average molecular weight is 464 g/mol. The van der Waals surface area contributed by atoms with Crippen LogP contribution < -0.4 is 14.8 Å². The van der Waals surface area contributed by atoms with Gasteiger partial charge in [-0.2, -0.15) is 0 Å². The summed E-state index contributed by atoms with van der Waals surface area (Å²) >= 11 is 0. The number of alkyl halides is 3. The quantitative estimate of drug-likeness (QED) is 0.313. The van der Waals surface area contributed by atoms with E-state index in [1.165, 1.54) is 25.7 Å². The van der Waals surface area contributed by atoms with Crippen LogP contribution in [-0.4, -0.2) is 13.2 Å². The SMILES string of the molecule is CCCCCCCC1CC(NCc2cc(CF)c(CF)c(CF)c2)c2ccc(OC)cc2O1. The third-order valence-corrected chi connectivity index (χ3v) is 6.49. The van der Waals surface area contributed by atoms with Gasteiger partial charge in [-0.3, -0.25) is 0 Å². The predicted molar refractivity (Wildman–Crippen MR) is 126 cm³/mol. The van der Waals surface area contributed by atoms with Crippen molar-refractivity contribution in [3.8, 4) is 11.5 Å². The molecule has 2 unspecified atom stereocenters. The number of fused-ring (bicyclic) bond motifs is 1. The third-order valence-electron chi connectivity index (χ3n) is 6.49. The van der Waals surface area contributed by atoms with Gasteiger partial charge in [0.15, 0.2) is 0 Å². The van der Waals surface area contributed by atoms with E-state index in [1.807, 2.05) is 18.2 Å². The molecular formula is C27H36F3NO2. The summed E-state index contributed by atoms with van der Waals surface area (Å²) in [5, 5.41) is 3.55. The van der Waals surface area contributed by atoms with Crippen LogP contribution in [0.5, 0.6) is 11.5 Å². The summed E-state index contributed by atoms with van der Waals surface area (Å²) in [5.74, 6) is 1.57. The van der Waals surface area contributed by atoms with Crippen LogP contribution >= 0.6 is 0 Å². The standard InChI is InChI=1S/C27H36F3NO2/c1-3-4-5-6-7-8-23-13-26(24-10-9-22(32-2)14-27(24)33-23)31-18-19-11-20(15-28)25(17-30)21(12-19)16-29/h9-12,14,23,26,31H,3-8,13,15-18H2,1-2H3. The fourth-order valence-electron chi connectivity index (χ4n) is 4.62. The highest BCUT2D eigenvalue weighted by molar-refractivity contribution is 5.44. The molecule has 0 bridgehead atoms. The lowest BCUT2D eigenvalue weighted by atomic mass is 9.93. The Labute approximate surface area is 195 Å². The smallest absolute Gasteiger partial charge is 0.128 e. The number of hydrogen-bond donors (Lipinski definition) is 1. The second-order valence-corrected chi connectivity index (χ2v) is 8.81. The van der Waals surface area contributed by atoms with Gasteiger partial charge >= 0.3 is 0 Å². The molecule has 1 N–H and O–H groups in total. The first-order valence-corrected chi connectivity index (χ1v) is 12.0. The highest BCUT2D eigenvalue weighted by Crippen LogP contribution is 2.38. The molecule has 6 heteroatoms. The van der Waals surface area contributed by atoms with Crippen LogP contribution in [0.2, 0.25) is 0 Å². The second-order valence-electron chi connectivity index (χ2n) is 8.81. The molecular weight excluding hydrogens is 427 g/mol. The first kappa shape index (κ1) is 25.4. The van der Waals surface area contributed by atoms with Gasteiger partial charge in [0.25, 0.3) is 0 Å². The van der Waals surface area contributed by atoms with E-state index < -0.39 is 20.0 Å². The van der Waals surface area contributed by atoms with Gasteiger partial charge in [-0.15, -0.1) is 0 Å². The van der Waals surface area contributed by atoms with Gasteiger partial charge in [-0.1, -0.05) is 50.8 Å². The van der Waals surface area contributed by atoms with Crippen molar-refractivity contribution in [3.63, 3.8) is 0 Å². The number of hydrogen-bond acceptors (Lipinski definition) is 3. The Kier molecular flexibility index (Phi) is 9.92. The van der Waals surface area contributed by atoms with Gasteiger partial charge in [0.1, 0.15) is 37.6 Å². The van der Waals surface area contributed by atoms with E-state index in [0.29, 0.717) is 6.54 Å². The Balaban J connectivity index is 1.74. The molecule has 2 aromatic rings. The zero-order valence-corrected chi connectivity index (χ0v) is 19.8. The predicted octanol–water partition coefficient (Wildman–Crippen LogP) is 7.45. The number of benzene rings is 2. The van der Waals surface area contributed by atoms with Gasteiger partial charge in [-0.05, 0) is 41.2 Å². The number of unbranched alkanes of at least 4 members (excludes halogenated alkanes) is 4. The fraction of sp³-hybridized carbons (Fsp3) is 0.556. The minimum atomic E-state index is -0.860. The van der Waals surface area contributed by atoms with Crippen molar-refractivity contribution in [1.82, 2.24) is 5.32 Å². The lowest BCUT2D eigenvalue weighted by molar-refractivity contribution is 0.137. The van der Waals surface area contributed by atoms with Crippen LogP contribution in [0.3, 0.4) is 0 Å². The third kappa shape index (κ3) is 6.66. The molecule has 0 fully saturated rings. The maximum atomic E-state index is 13.4. The number of nitrogens with one attached hydrogen (secondary N) is 1. The van der Waals surface area contributed by atoms with Crippen LogP contribution in [0.15, 0.2) is 30.3 Å². The molecule has 3 rings (SSSR count). The number of halogens is 3. The summed E-state index contributed by atoms with van der Waals surface area (Å²) in [5.41, 5.74) is 2.40. The number of methoxy groups -OCH3 is 1. The maximum absolute atomic E-state index is 13.4. The van der Waals surface area contributed by atoms with Gasteiger partial charge < -0.3 is 14.8 Å². The Hall–Kier alpha value is -2.21. The topological polar surface area (TPSA) is 30.5 Å². The highest BCUT2D eigenvalue weighted by Gasteiger charge is 2.28. The van der Waals surface area contributed by atoms with Crippen LogP contribution in [-0.2, 0) is 26.6 Å². The minimum absolute atomic E-state index is 0.0452. The second kappa shape index (κ2) is 12.9. The number of ether oxygens (including phenoxy) is 2. The van der Waals surface area contributed by atoms with E-state index in [2.05, 4.69) is 12.2 Å². The van der Waals surface area contributed by atoms with Gasteiger partial charge in [-0.25, -0.2) is 13.2 Å². The van der Waals surface area contributed by atoms with Crippen LogP contribution in [0.4, 0.5) is 13.2 Å². The van der Waals surface area contributed by atoms with Gasteiger partial charge in [0.05, 0.1) is 7.11 Å². The van der Waals surface area contributed by atoms with E-state index in [1.54, 1.807) is 19.2 Å². The van der Waals surface area contributed by atoms with E-state index in [-0.39, 0.29) is 28.8 Å². The molecule has 2 atom stereocenters.